The Morgan fingerprint density at radius 2 is 1.69 bits per heavy atom. The summed E-state index contributed by atoms with van der Waals surface area (Å²) in [6, 6.07) is 14.3. The highest BCUT2D eigenvalue weighted by molar-refractivity contribution is 6.41. The Kier molecular flexibility index (Phi) is 6.83. The summed E-state index contributed by atoms with van der Waals surface area (Å²) in [4.78, 5) is 51.3. The molecule has 1 atom stereocenters. The number of carboxylic acid groups (broad SMARTS) is 1. The zero-order valence-electron chi connectivity index (χ0n) is 17.2. The van der Waals surface area contributed by atoms with Crippen LogP contribution in [0.25, 0.3) is 0 Å². The third kappa shape index (κ3) is 5.28. The number of carbonyl (C=O) groups is 4. The predicted octanol–water partition coefficient (Wildman–Crippen LogP) is 0.478. The lowest BCUT2D eigenvalue weighted by Gasteiger charge is -2.33. The predicted molar refractivity (Wildman–Crippen MR) is 116 cm³/mol. The molecule has 10 nitrogen and oxygen atoms in total. The molecule has 2 aromatic rings. The zero-order chi connectivity index (χ0) is 23.3. The number of amidine groups is 1. The van der Waals surface area contributed by atoms with Gasteiger partial charge in [-0.15, -0.1) is 0 Å². The molecule has 10 heteroatoms. The highest BCUT2D eigenvalue weighted by atomic mass is 16.4. The van der Waals surface area contributed by atoms with Gasteiger partial charge < -0.3 is 26.0 Å². The van der Waals surface area contributed by atoms with Gasteiger partial charge in [0.25, 0.3) is 0 Å². The van der Waals surface area contributed by atoms with Crippen molar-refractivity contribution in [2.24, 2.45) is 5.73 Å². The number of nitrogens with zero attached hydrogens (tertiary/aromatic N) is 2. The summed E-state index contributed by atoms with van der Waals surface area (Å²) in [5.41, 5.74) is 7.04. The zero-order valence-corrected chi connectivity index (χ0v) is 17.2. The summed E-state index contributed by atoms with van der Waals surface area (Å²) in [7, 11) is 0. The van der Waals surface area contributed by atoms with Crippen molar-refractivity contribution in [3.63, 3.8) is 0 Å². The number of hydrogen-bond acceptors (Lipinski definition) is 5. The number of benzene rings is 2. The van der Waals surface area contributed by atoms with E-state index in [0.29, 0.717) is 16.8 Å². The van der Waals surface area contributed by atoms with Gasteiger partial charge in [-0.25, -0.2) is 0 Å². The average Bonchev–Trinajstić information content (AvgIpc) is 2.77. The summed E-state index contributed by atoms with van der Waals surface area (Å²) >= 11 is 0. The van der Waals surface area contributed by atoms with Crippen molar-refractivity contribution < 1.29 is 24.3 Å². The molecular weight excluding hydrogens is 414 g/mol. The number of carboxylic acids is 1. The lowest BCUT2D eigenvalue weighted by Crippen LogP contribution is -2.56. The van der Waals surface area contributed by atoms with Gasteiger partial charge in [0.05, 0.1) is 12.5 Å². The molecule has 0 aromatic heterocycles. The Morgan fingerprint density at radius 3 is 2.28 bits per heavy atom. The van der Waals surface area contributed by atoms with Gasteiger partial charge in [-0.05, 0) is 29.8 Å². The van der Waals surface area contributed by atoms with Gasteiger partial charge in [0.2, 0.25) is 5.91 Å². The number of anilines is 1. The lowest BCUT2D eigenvalue weighted by atomic mass is 10.0. The number of hydrogen-bond donors (Lipinski definition) is 4. The van der Waals surface area contributed by atoms with Crippen LogP contribution < -0.4 is 16.0 Å². The minimum Gasteiger partial charge on any atom is -0.481 e. The van der Waals surface area contributed by atoms with E-state index in [-0.39, 0.29) is 31.9 Å². The van der Waals surface area contributed by atoms with Crippen LogP contribution in [-0.2, 0) is 19.2 Å². The van der Waals surface area contributed by atoms with E-state index < -0.39 is 29.7 Å². The second kappa shape index (κ2) is 9.73. The van der Waals surface area contributed by atoms with Crippen molar-refractivity contribution >= 4 is 35.2 Å². The number of nitrogens with one attached hydrogen (secondary N) is 2. The molecule has 5 N–H and O–H groups in total. The third-order valence-electron chi connectivity index (χ3n) is 5.05. The van der Waals surface area contributed by atoms with Crippen LogP contribution >= 0.6 is 0 Å². The van der Waals surface area contributed by atoms with E-state index in [1.54, 1.807) is 54.6 Å². The summed E-state index contributed by atoms with van der Waals surface area (Å²) in [6.45, 7) is -0.0272. The van der Waals surface area contributed by atoms with Gasteiger partial charge in [0, 0.05) is 24.3 Å². The third-order valence-corrected chi connectivity index (χ3v) is 5.05. The normalized spacial score (nSPS) is 14.8. The Balaban J connectivity index is 1.64. The topological polar surface area (TPSA) is 157 Å². The Bertz CT molecular complexity index is 1040. The van der Waals surface area contributed by atoms with Crippen LogP contribution in [0, 0.1) is 5.41 Å². The van der Waals surface area contributed by atoms with Gasteiger partial charge in [-0.3, -0.25) is 24.6 Å². The molecule has 2 aromatic carbocycles. The van der Waals surface area contributed by atoms with E-state index in [0.717, 1.165) is 4.90 Å². The van der Waals surface area contributed by atoms with Crippen LogP contribution in [0.15, 0.2) is 54.6 Å². The first-order chi connectivity index (χ1) is 15.3. The highest BCUT2D eigenvalue weighted by Gasteiger charge is 2.34. The summed E-state index contributed by atoms with van der Waals surface area (Å²) in [5, 5.41) is 19.2. The molecule has 1 fully saturated rings. The lowest BCUT2D eigenvalue weighted by molar-refractivity contribution is -0.147. The molecule has 0 bridgehead atoms. The maximum atomic E-state index is 12.6. The number of rotatable bonds is 8. The molecule has 3 rings (SSSR count). The van der Waals surface area contributed by atoms with Crippen LogP contribution in [0.2, 0.25) is 0 Å². The quantitative estimate of drug-likeness (QED) is 0.267. The van der Waals surface area contributed by atoms with Crippen molar-refractivity contribution in [1.29, 1.82) is 5.41 Å². The largest absolute Gasteiger partial charge is 0.481 e. The van der Waals surface area contributed by atoms with Crippen molar-refractivity contribution in [2.45, 2.75) is 12.5 Å². The summed E-state index contributed by atoms with van der Waals surface area (Å²) in [5.74, 6) is -3.33. The van der Waals surface area contributed by atoms with E-state index >= 15 is 0 Å². The highest BCUT2D eigenvalue weighted by Crippen LogP contribution is 2.20. The molecule has 0 saturated carbocycles. The second-order valence-corrected chi connectivity index (χ2v) is 7.27. The maximum absolute atomic E-state index is 12.6. The maximum Gasteiger partial charge on any atom is 0.316 e. The van der Waals surface area contributed by atoms with E-state index in [1.807, 2.05) is 0 Å². The fraction of sp³-hybridized carbons (Fsp3) is 0.227. The molecule has 1 heterocycles. The van der Waals surface area contributed by atoms with Crippen LogP contribution in [0.1, 0.15) is 23.6 Å². The van der Waals surface area contributed by atoms with Gasteiger partial charge in [0.15, 0.2) is 0 Å². The second-order valence-electron chi connectivity index (χ2n) is 7.27. The average molecular weight is 437 g/mol. The number of piperazine rings is 1. The van der Waals surface area contributed by atoms with E-state index in [1.165, 1.54) is 4.90 Å². The number of aliphatic carboxylic acids is 1. The van der Waals surface area contributed by atoms with E-state index in [9.17, 15) is 19.2 Å². The number of carbonyl (C=O) groups excluding carboxylic acids is 3. The SMILES string of the molecule is N=C(N)c1ccc(N2CCN(CC(=O)NC(CC(=O)O)c3ccccc3)C(=O)C2=O)cc1. The summed E-state index contributed by atoms with van der Waals surface area (Å²) in [6.07, 6.45) is -0.313. The smallest absolute Gasteiger partial charge is 0.316 e. The molecule has 0 aliphatic carbocycles. The Labute approximate surface area is 184 Å². The molecule has 1 unspecified atom stereocenters. The Morgan fingerprint density at radius 1 is 1.03 bits per heavy atom. The van der Waals surface area contributed by atoms with Gasteiger partial charge in [0.1, 0.15) is 12.4 Å². The van der Waals surface area contributed by atoms with Crippen molar-refractivity contribution in [2.75, 3.05) is 24.5 Å². The van der Waals surface area contributed by atoms with E-state index in [4.69, 9.17) is 16.2 Å². The molecule has 1 aliphatic rings. The van der Waals surface area contributed by atoms with Gasteiger partial charge >= 0.3 is 17.8 Å². The molecule has 166 valence electrons. The van der Waals surface area contributed by atoms with Crippen molar-refractivity contribution in [3.05, 3.63) is 65.7 Å². The number of amides is 3. The number of nitrogen functional groups attached to an aromatic ring is 1. The molecule has 0 spiro atoms. The van der Waals surface area contributed by atoms with Gasteiger partial charge in [-0.1, -0.05) is 30.3 Å². The minimum absolute atomic E-state index is 0.105. The molecule has 32 heavy (non-hydrogen) atoms. The first-order valence-electron chi connectivity index (χ1n) is 9.87. The molecular formula is C22H23N5O5. The first kappa shape index (κ1) is 22.5. The summed E-state index contributed by atoms with van der Waals surface area (Å²) < 4.78 is 0. The van der Waals surface area contributed by atoms with Crippen molar-refractivity contribution in [1.82, 2.24) is 10.2 Å². The van der Waals surface area contributed by atoms with E-state index in [2.05, 4.69) is 5.32 Å². The van der Waals surface area contributed by atoms with Crippen LogP contribution in [-0.4, -0.2) is 59.2 Å². The fourth-order valence-electron chi connectivity index (χ4n) is 3.42. The van der Waals surface area contributed by atoms with Crippen LogP contribution in [0.4, 0.5) is 5.69 Å². The number of nitrogens with two attached hydrogens (primary N) is 1. The Hall–Kier alpha value is -4.21. The molecule has 1 saturated heterocycles. The van der Waals surface area contributed by atoms with Crippen molar-refractivity contribution in [3.8, 4) is 0 Å². The molecule has 3 amide bonds. The van der Waals surface area contributed by atoms with Crippen LogP contribution in [0.3, 0.4) is 0 Å². The first-order valence-corrected chi connectivity index (χ1v) is 9.87. The van der Waals surface area contributed by atoms with Crippen LogP contribution in [0.5, 0.6) is 0 Å². The van der Waals surface area contributed by atoms with Gasteiger partial charge in [-0.2, -0.15) is 0 Å². The fourth-order valence-corrected chi connectivity index (χ4v) is 3.42. The molecule has 1 aliphatic heterocycles. The molecule has 0 radical (unpaired) electrons. The standard InChI is InChI=1S/C22H23N5O5/c23-20(24)15-6-8-16(9-7-15)27-11-10-26(21(31)22(27)32)13-18(28)25-17(12-19(29)30)14-4-2-1-3-5-14/h1-9,17H,10-13H2,(H3,23,24)(H,25,28)(H,29,30). The minimum atomic E-state index is -1.07. The monoisotopic (exact) mass is 437 g/mol.